The maximum Gasteiger partial charge on any atom is 0.408 e. The van der Waals surface area contributed by atoms with Gasteiger partial charge in [0.05, 0.1) is 6.33 Å². The van der Waals surface area contributed by atoms with Crippen LogP contribution in [-0.4, -0.2) is 50.2 Å². The lowest BCUT2D eigenvalue weighted by Gasteiger charge is -2.26. The Bertz CT molecular complexity index is 590. The molecule has 0 bridgehead atoms. The molecule has 1 heterocycles. The zero-order valence-corrected chi connectivity index (χ0v) is 14.5. The Labute approximate surface area is 140 Å². The minimum absolute atomic E-state index is 0.112. The Morgan fingerprint density at radius 3 is 2.38 bits per heavy atom. The first-order valence-corrected chi connectivity index (χ1v) is 7.43. The number of ether oxygens (including phenoxy) is 1. The third-order valence-corrected chi connectivity index (χ3v) is 2.96. The van der Waals surface area contributed by atoms with Gasteiger partial charge in [-0.05, 0) is 34.6 Å². The molecule has 0 fully saturated rings. The van der Waals surface area contributed by atoms with Crippen LogP contribution >= 0.6 is 0 Å². The number of nitrogens with one attached hydrogen (secondary N) is 3. The van der Waals surface area contributed by atoms with Gasteiger partial charge in [0.2, 0.25) is 5.91 Å². The van der Waals surface area contributed by atoms with Gasteiger partial charge in [0, 0.05) is 18.3 Å². The molecule has 134 valence electrons. The second-order valence-electron chi connectivity index (χ2n) is 6.90. The zero-order chi connectivity index (χ0) is 18.5. The van der Waals surface area contributed by atoms with E-state index in [0.717, 1.165) is 0 Å². The molecule has 1 aromatic rings. The number of hydrogen-bond donors (Lipinski definition) is 4. The minimum atomic E-state index is -1.47. The highest BCUT2D eigenvalue weighted by molar-refractivity contribution is 5.91. The van der Waals surface area contributed by atoms with Crippen LogP contribution in [0.1, 0.15) is 40.3 Å². The van der Waals surface area contributed by atoms with E-state index < -0.39 is 35.2 Å². The van der Waals surface area contributed by atoms with Crippen molar-refractivity contribution >= 4 is 18.0 Å². The van der Waals surface area contributed by atoms with Crippen molar-refractivity contribution in [2.75, 3.05) is 0 Å². The van der Waals surface area contributed by atoms with Gasteiger partial charge in [-0.3, -0.25) is 4.79 Å². The summed E-state index contributed by atoms with van der Waals surface area (Å²) in [7, 11) is 0. The number of aromatic nitrogens is 2. The van der Waals surface area contributed by atoms with Crippen molar-refractivity contribution in [3.63, 3.8) is 0 Å². The summed E-state index contributed by atoms with van der Waals surface area (Å²) in [5, 5.41) is 14.0. The van der Waals surface area contributed by atoms with Crippen molar-refractivity contribution in [2.24, 2.45) is 0 Å². The molecule has 9 nitrogen and oxygen atoms in total. The lowest BCUT2D eigenvalue weighted by molar-refractivity contribution is -0.146. The third-order valence-electron chi connectivity index (χ3n) is 2.96. The fraction of sp³-hybridized carbons (Fsp3) is 0.600. The average Bonchev–Trinajstić information content (AvgIpc) is 2.87. The molecule has 0 aromatic carbocycles. The molecule has 1 aromatic heterocycles. The van der Waals surface area contributed by atoms with E-state index in [-0.39, 0.29) is 6.42 Å². The average molecular weight is 340 g/mol. The molecule has 9 heteroatoms. The van der Waals surface area contributed by atoms with E-state index in [9.17, 15) is 14.4 Å². The Kier molecular flexibility index (Phi) is 5.94. The molecule has 0 unspecified atom stereocenters. The van der Waals surface area contributed by atoms with Crippen LogP contribution in [0.2, 0.25) is 0 Å². The highest BCUT2D eigenvalue weighted by Gasteiger charge is 2.33. The molecular formula is C15H24N4O5. The van der Waals surface area contributed by atoms with Crippen LogP contribution in [0.4, 0.5) is 4.79 Å². The van der Waals surface area contributed by atoms with E-state index in [1.807, 2.05) is 0 Å². The largest absolute Gasteiger partial charge is 0.480 e. The number of carboxylic acid groups (broad SMARTS) is 1. The van der Waals surface area contributed by atoms with Crippen LogP contribution in [0.5, 0.6) is 0 Å². The monoisotopic (exact) mass is 340 g/mol. The van der Waals surface area contributed by atoms with Gasteiger partial charge in [-0.2, -0.15) is 0 Å². The first-order valence-electron chi connectivity index (χ1n) is 7.43. The predicted molar refractivity (Wildman–Crippen MR) is 85.3 cm³/mol. The van der Waals surface area contributed by atoms with E-state index >= 15 is 0 Å². The van der Waals surface area contributed by atoms with E-state index in [1.165, 1.54) is 26.4 Å². The summed E-state index contributed by atoms with van der Waals surface area (Å²) >= 11 is 0. The topological polar surface area (TPSA) is 133 Å². The van der Waals surface area contributed by atoms with Crippen molar-refractivity contribution in [3.8, 4) is 0 Å². The Morgan fingerprint density at radius 1 is 1.29 bits per heavy atom. The molecular weight excluding hydrogens is 316 g/mol. The zero-order valence-electron chi connectivity index (χ0n) is 14.5. The fourth-order valence-corrected chi connectivity index (χ4v) is 1.72. The van der Waals surface area contributed by atoms with Crippen molar-refractivity contribution in [1.82, 2.24) is 20.6 Å². The standard InChI is InChI=1S/C15H24N4O5/c1-14(2,3)24-13(23)18-10(6-9-7-16-8-17-9)11(20)19-15(4,5)12(21)22/h7-8,10H,6H2,1-5H3,(H,16,17)(H,18,23)(H,19,20)(H,21,22)/t10-/m0/s1. The van der Waals surface area contributed by atoms with Gasteiger partial charge in [-0.15, -0.1) is 0 Å². The van der Waals surface area contributed by atoms with Gasteiger partial charge in [0.25, 0.3) is 0 Å². The van der Waals surface area contributed by atoms with Crippen LogP contribution in [0.3, 0.4) is 0 Å². The van der Waals surface area contributed by atoms with Gasteiger partial charge in [-0.1, -0.05) is 0 Å². The maximum atomic E-state index is 12.4. The molecule has 0 saturated heterocycles. The predicted octanol–water partition coefficient (Wildman–Crippen LogP) is 0.825. The van der Waals surface area contributed by atoms with Gasteiger partial charge < -0.3 is 25.5 Å². The van der Waals surface area contributed by atoms with Gasteiger partial charge in [-0.25, -0.2) is 14.6 Å². The number of aliphatic carboxylic acids is 1. The van der Waals surface area contributed by atoms with Crippen LogP contribution < -0.4 is 10.6 Å². The summed E-state index contributed by atoms with van der Waals surface area (Å²) in [6.07, 6.45) is 2.30. The van der Waals surface area contributed by atoms with Crippen LogP contribution in [0.15, 0.2) is 12.5 Å². The van der Waals surface area contributed by atoms with Crippen molar-refractivity contribution < 1.29 is 24.2 Å². The first-order chi connectivity index (χ1) is 10.9. The van der Waals surface area contributed by atoms with E-state index in [2.05, 4.69) is 20.6 Å². The minimum Gasteiger partial charge on any atom is -0.480 e. The number of nitrogens with zero attached hydrogens (tertiary/aromatic N) is 1. The summed E-state index contributed by atoms with van der Waals surface area (Å²) in [6.45, 7) is 7.81. The molecule has 1 rings (SSSR count). The number of carbonyl (C=O) groups excluding carboxylic acids is 2. The molecule has 0 aliphatic rings. The number of rotatable bonds is 6. The quantitative estimate of drug-likeness (QED) is 0.606. The van der Waals surface area contributed by atoms with Crippen LogP contribution in [-0.2, 0) is 20.7 Å². The molecule has 4 N–H and O–H groups in total. The third kappa shape index (κ3) is 6.27. The molecule has 2 amide bonds. The lowest BCUT2D eigenvalue weighted by atomic mass is 10.0. The fourth-order valence-electron chi connectivity index (χ4n) is 1.72. The van der Waals surface area contributed by atoms with Crippen molar-refractivity contribution in [2.45, 2.75) is 58.2 Å². The number of carboxylic acids is 1. The smallest absolute Gasteiger partial charge is 0.408 e. The van der Waals surface area contributed by atoms with Gasteiger partial charge >= 0.3 is 12.1 Å². The highest BCUT2D eigenvalue weighted by atomic mass is 16.6. The number of imidazole rings is 1. The summed E-state index contributed by atoms with van der Waals surface area (Å²) < 4.78 is 5.14. The van der Waals surface area contributed by atoms with Crippen LogP contribution in [0.25, 0.3) is 0 Å². The summed E-state index contributed by atoms with van der Waals surface area (Å²) in [5.74, 6) is -1.82. The SMILES string of the molecule is CC(C)(C)OC(=O)N[C@@H](Cc1cnc[nH]1)C(=O)NC(C)(C)C(=O)O. The van der Waals surface area contributed by atoms with Gasteiger partial charge in [0.1, 0.15) is 17.2 Å². The van der Waals surface area contributed by atoms with E-state index in [4.69, 9.17) is 9.84 Å². The number of hydrogen-bond acceptors (Lipinski definition) is 5. The normalized spacial score (nSPS) is 13.0. The number of H-pyrrole nitrogens is 1. The molecule has 0 radical (unpaired) electrons. The number of amides is 2. The number of aromatic amines is 1. The maximum absolute atomic E-state index is 12.4. The van der Waals surface area contributed by atoms with Crippen LogP contribution in [0, 0.1) is 0 Å². The molecule has 0 aliphatic heterocycles. The second kappa shape index (κ2) is 7.33. The molecule has 0 spiro atoms. The summed E-state index contributed by atoms with van der Waals surface area (Å²) in [5.41, 5.74) is -1.59. The van der Waals surface area contributed by atoms with Crippen molar-refractivity contribution in [3.05, 3.63) is 18.2 Å². The lowest BCUT2D eigenvalue weighted by Crippen LogP contribution is -2.57. The highest BCUT2D eigenvalue weighted by Crippen LogP contribution is 2.09. The summed E-state index contributed by atoms with van der Waals surface area (Å²) in [6, 6.07) is -1.01. The summed E-state index contributed by atoms with van der Waals surface area (Å²) in [4.78, 5) is 42.2. The Morgan fingerprint density at radius 2 is 1.92 bits per heavy atom. The van der Waals surface area contributed by atoms with E-state index in [1.54, 1.807) is 20.8 Å². The first kappa shape index (κ1) is 19.5. The van der Waals surface area contributed by atoms with Crippen molar-refractivity contribution in [1.29, 1.82) is 0 Å². The molecule has 1 atom stereocenters. The van der Waals surface area contributed by atoms with E-state index in [0.29, 0.717) is 5.69 Å². The Hall–Kier alpha value is -2.58. The number of carbonyl (C=O) groups is 3. The molecule has 0 saturated carbocycles. The van der Waals surface area contributed by atoms with Gasteiger partial charge in [0.15, 0.2) is 0 Å². The molecule has 0 aliphatic carbocycles. The molecule has 24 heavy (non-hydrogen) atoms. The second-order valence-corrected chi connectivity index (χ2v) is 6.90. The number of alkyl carbamates (subject to hydrolysis) is 1. The Balaban J connectivity index is 2.86.